The van der Waals surface area contributed by atoms with E-state index in [-0.39, 0.29) is 25.1 Å². The smallest absolute Gasteiger partial charge is 0.219 e. The molecule has 0 aliphatic carbocycles. The normalized spacial score (nSPS) is 12.5. The summed E-state index contributed by atoms with van der Waals surface area (Å²) in [6, 6.07) is 12.0. The van der Waals surface area contributed by atoms with Crippen LogP contribution in [0.5, 0.6) is 0 Å². The minimum absolute atomic E-state index is 0.0272. The second-order valence-electron chi connectivity index (χ2n) is 6.73. The summed E-state index contributed by atoms with van der Waals surface area (Å²) < 4.78 is 29.7. The maximum Gasteiger partial charge on any atom is 0.219 e. The van der Waals surface area contributed by atoms with E-state index in [1.165, 1.54) is 18.5 Å². The summed E-state index contributed by atoms with van der Waals surface area (Å²) in [4.78, 5) is 8.37. The molecule has 2 aromatic carbocycles. The summed E-state index contributed by atoms with van der Waals surface area (Å²) in [5, 5.41) is 9.32. The fourth-order valence-corrected chi connectivity index (χ4v) is 4.46. The fourth-order valence-electron chi connectivity index (χ4n) is 3.01. The maximum absolute atomic E-state index is 14.9. The Morgan fingerprint density at radius 1 is 1.10 bits per heavy atom. The number of nitrogens with two attached hydrogens (primary N) is 1. The topological polar surface area (TPSA) is 98.3 Å². The summed E-state index contributed by atoms with van der Waals surface area (Å²) in [6.07, 6.45) is 2.94. The van der Waals surface area contributed by atoms with Gasteiger partial charge in [0.15, 0.2) is 4.90 Å². The summed E-state index contributed by atoms with van der Waals surface area (Å²) in [6.45, 7) is 4.01. The molecule has 0 saturated heterocycles. The molecule has 3 rings (SSSR count). The molecule has 0 radical (unpaired) electrons. The first-order valence-corrected chi connectivity index (χ1v) is 10.3. The lowest BCUT2D eigenvalue weighted by molar-refractivity contribution is 0.236. The molecule has 3 N–H and O–H groups in total. The molecule has 0 fully saturated rings. The highest BCUT2D eigenvalue weighted by Gasteiger charge is 2.28. The highest BCUT2D eigenvalue weighted by atomic mass is 32.2. The summed E-state index contributed by atoms with van der Waals surface area (Å²) in [5.74, 6) is -0.313. The molecular formula is C21H23FN4O2S. The van der Waals surface area contributed by atoms with Gasteiger partial charge in [-0.25, -0.2) is 14.4 Å². The molecule has 0 spiro atoms. The second-order valence-corrected chi connectivity index (χ2v) is 8.14. The third-order valence-electron chi connectivity index (χ3n) is 4.45. The Morgan fingerprint density at radius 2 is 1.79 bits per heavy atom. The van der Waals surface area contributed by atoms with E-state index in [0.29, 0.717) is 27.1 Å². The van der Waals surface area contributed by atoms with Crippen LogP contribution in [0.3, 0.4) is 0 Å². The number of anilines is 1. The van der Waals surface area contributed by atoms with Crippen molar-refractivity contribution in [3.8, 4) is 22.3 Å². The molecule has 1 unspecified atom stereocenters. The van der Waals surface area contributed by atoms with E-state index in [4.69, 9.17) is 5.73 Å². The lowest BCUT2D eigenvalue weighted by Gasteiger charge is -2.27. The van der Waals surface area contributed by atoms with Crippen molar-refractivity contribution in [1.29, 1.82) is 0 Å². The largest absolute Gasteiger partial charge is 0.593 e. The molecule has 6 nitrogen and oxygen atoms in total. The van der Waals surface area contributed by atoms with E-state index in [9.17, 15) is 14.0 Å². The number of nitrogen functional groups attached to an aromatic ring is 1. The molecular weight excluding hydrogens is 391 g/mol. The fraction of sp³-hybridized carbons (Fsp3) is 0.238. The summed E-state index contributed by atoms with van der Waals surface area (Å²) >= 11 is -1.50. The van der Waals surface area contributed by atoms with E-state index in [0.717, 1.165) is 0 Å². The number of hydrogen-bond acceptors (Lipinski definition) is 6. The number of aliphatic hydroxyl groups excluding tert-OH is 1. The third kappa shape index (κ3) is 4.73. The zero-order valence-electron chi connectivity index (χ0n) is 16.2. The van der Waals surface area contributed by atoms with E-state index >= 15 is 0 Å². The van der Waals surface area contributed by atoms with Crippen LogP contribution in [0.25, 0.3) is 22.3 Å². The van der Waals surface area contributed by atoms with Crippen molar-refractivity contribution in [2.24, 2.45) is 0 Å². The van der Waals surface area contributed by atoms with Gasteiger partial charge in [0.25, 0.3) is 0 Å². The van der Waals surface area contributed by atoms with Crippen molar-refractivity contribution >= 4 is 17.3 Å². The van der Waals surface area contributed by atoms with E-state index in [1.807, 2.05) is 26.0 Å². The number of aromatic nitrogens is 2. The van der Waals surface area contributed by atoms with Crippen molar-refractivity contribution in [2.75, 3.05) is 18.9 Å². The van der Waals surface area contributed by atoms with Gasteiger partial charge in [0.05, 0.1) is 30.6 Å². The first-order chi connectivity index (χ1) is 13.9. The number of benzene rings is 2. The van der Waals surface area contributed by atoms with Gasteiger partial charge in [-0.2, -0.15) is 0 Å². The number of nitrogens with zero attached hydrogens (tertiary/aromatic N) is 3. The molecule has 1 atom stereocenters. The van der Waals surface area contributed by atoms with Gasteiger partial charge >= 0.3 is 0 Å². The SMILES string of the molecule is CC(C)N(CCO)[S+]([O-])c1ccccc1-c1ccc(-c2cnc(N)nc2)c(F)c1. The molecule has 1 heterocycles. The predicted molar refractivity (Wildman–Crippen MR) is 113 cm³/mol. The maximum atomic E-state index is 14.9. The van der Waals surface area contributed by atoms with Crippen molar-refractivity contribution in [1.82, 2.24) is 14.3 Å². The molecule has 29 heavy (non-hydrogen) atoms. The van der Waals surface area contributed by atoms with Crippen LogP contribution >= 0.6 is 0 Å². The minimum Gasteiger partial charge on any atom is -0.593 e. The van der Waals surface area contributed by atoms with Crippen molar-refractivity contribution in [3.05, 3.63) is 60.7 Å². The zero-order chi connectivity index (χ0) is 21.0. The molecule has 152 valence electrons. The van der Waals surface area contributed by atoms with Crippen LogP contribution in [-0.4, -0.2) is 43.1 Å². The van der Waals surface area contributed by atoms with Crippen LogP contribution in [0.15, 0.2) is 59.8 Å². The Balaban J connectivity index is 1.99. The molecule has 0 aliphatic heterocycles. The Hall–Kier alpha value is -2.52. The summed E-state index contributed by atoms with van der Waals surface area (Å²) in [7, 11) is 0. The Bertz CT molecular complexity index is 969. The monoisotopic (exact) mass is 414 g/mol. The molecule has 3 aromatic rings. The zero-order valence-corrected chi connectivity index (χ0v) is 17.1. The standard InChI is InChI=1S/C21H23FN4O2S/c1-14(2)26(9-10-27)29(28)20-6-4-3-5-18(20)15-7-8-17(19(22)11-15)16-12-24-21(23)25-13-16/h3-8,11-14,27H,9-10H2,1-2H3,(H2,23,24,25). The van der Waals surface area contributed by atoms with Gasteiger partial charge < -0.3 is 15.4 Å². The number of rotatable bonds is 7. The van der Waals surface area contributed by atoms with Crippen LogP contribution in [0, 0.1) is 5.82 Å². The molecule has 0 bridgehead atoms. The first-order valence-electron chi connectivity index (χ1n) is 9.18. The van der Waals surface area contributed by atoms with Gasteiger partial charge in [-0.15, -0.1) is 4.31 Å². The number of aliphatic hydroxyl groups is 1. The average molecular weight is 415 g/mol. The van der Waals surface area contributed by atoms with Gasteiger partial charge in [-0.1, -0.05) is 24.3 Å². The van der Waals surface area contributed by atoms with E-state index in [1.54, 1.807) is 28.6 Å². The molecule has 0 saturated carbocycles. The highest BCUT2D eigenvalue weighted by molar-refractivity contribution is 7.89. The molecule has 0 amide bonds. The van der Waals surface area contributed by atoms with Gasteiger partial charge in [0, 0.05) is 29.1 Å². The van der Waals surface area contributed by atoms with Crippen molar-refractivity contribution < 1.29 is 14.0 Å². The lowest BCUT2D eigenvalue weighted by atomic mass is 10.0. The first kappa shape index (κ1) is 21.2. The predicted octanol–water partition coefficient (Wildman–Crippen LogP) is 3.26. The number of halogens is 1. The van der Waals surface area contributed by atoms with Gasteiger partial charge in [-0.05, 0) is 37.6 Å². The number of hydrogen-bond donors (Lipinski definition) is 2. The van der Waals surface area contributed by atoms with Crippen LogP contribution in [-0.2, 0) is 11.4 Å². The Morgan fingerprint density at radius 3 is 2.41 bits per heavy atom. The average Bonchev–Trinajstić information content (AvgIpc) is 2.72. The van der Waals surface area contributed by atoms with E-state index < -0.39 is 17.2 Å². The highest BCUT2D eigenvalue weighted by Crippen LogP contribution is 2.33. The molecule has 8 heteroatoms. The quantitative estimate of drug-likeness (QED) is 0.576. The lowest BCUT2D eigenvalue weighted by Crippen LogP contribution is -2.39. The van der Waals surface area contributed by atoms with Crippen LogP contribution in [0.2, 0.25) is 0 Å². The molecule has 1 aromatic heterocycles. The third-order valence-corrected chi connectivity index (χ3v) is 6.21. The Kier molecular flexibility index (Phi) is 6.81. The summed E-state index contributed by atoms with van der Waals surface area (Å²) in [5.41, 5.74) is 7.66. The van der Waals surface area contributed by atoms with Crippen LogP contribution in [0.1, 0.15) is 13.8 Å². The van der Waals surface area contributed by atoms with Gasteiger partial charge in [0.2, 0.25) is 5.95 Å². The molecule has 0 aliphatic rings. The van der Waals surface area contributed by atoms with Crippen LogP contribution < -0.4 is 5.73 Å². The van der Waals surface area contributed by atoms with E-state index in [2.05, 4.69) is 9.97 Å². The second kappa shape index (κ2) is 9.32. The van der Waals surface area contributed by atoms with Gasteiger partial charge in [0.1, 0.15) is 5.82 Å². The van der Waals surface area contributed by atoms with Gasteiger partial charge in [-0.3, -0.25) is 0 Å². The van der Waals surface area contributed by atoms with Crippen molar-refractivity contribution in [2.45, 2.75) is 24.8 Å². The van der Waals surface area contributed by atoms with Crippen LogP contribution in [0.4, 0.5) is 10.3 Å². The Labute approximate surface area is 172 Å². The van der Waals surface area contributed by atoms with Crippen molar-refractivity contribution in [3.63, 3.8) is 0 Å². The minimum atomic E-state index is -1.50.